The third-order valence-electron chi connectivity index (χ3n) is 1.89. The second-order valence-corrected chi connectivity index (χ2v) is 3.16. The average molecular weight is 264 g/mol. The molecule has 0 saturated heterocycles. The van der Waals surface area contributed by atoms with E-state index in [4.69, 9.17) is 15.3 Å². The third-order valence-corrected chi connectivity index (χ3v) is 1.89. The van der Waals surface area contributed by atoms with E-state index in [1.54, 1.807) is 36.4 Å². The minimum atomic E-state index is -1.11. The molecule has 2 aromatic carbocycles. The number of para-hydroxylation sites is 2. The van der Waals surface area contributed by atoms with E-state index in [9.17, 15) is 4.79 Å². The van der Waals surface area contributed by atoms with Crippen molar-refractivity contribution >= 4 is 5.97 Å². The summed E-state index contributed by atoms with van der Waals surface area (Å²) in [5, 5.41) is 25.9. The standard InChI is InChI=1S/C7H6O3.C6H6O.2CH4/c8-6-4-2-1-3-5(6)7(9)10;7-6-4-2-1-3-5-6;;/h1-4,8H,(H,9,10);1-5,7H;2*1H4. The summed E-state index contributed by atoms with van der Waals surface area (Å²) in [6.07, 6.45) is 0. The molecule has 19 heavy (non-hydrogen) atoms. The highest BCUT2D eigenvalue weighted by molar-refractivity contribution is 5.90. The Kier molecular flexibility index (Phi) is 9.46. The number of carboxylic acids is 1. The van der Waals surface area contributed by atoms with Crippen LogP contribution in [0.4, 0.5) is 0 Å². The molecule has 0 bridgehead atoms. The van der Waals surface area contributed by atoms with Gasteiger partial charge >= 0.3 is 5.97 Å². The van der Waals surface area contributed by atoms with Gasteiger partial charge in [0.05, 0.1) is 0 Å². The molecule has 0 aliphatic carbocycles. The van der Waals surface area contributed by atoms with Crippen LogP contribution < -0.4 is 0 Å². The Morgan fingerprint density at radius 3 is 1.58 bits per heavy atom. The van der Waals surface area contributed by atoms with E-state index in [-0.39, 0.29) is 26.2 Å². The van der Waals surface area contributed by atoms with Crippen LogP contribution in [0.2, 0.25) is 0 Å². The van der Waals surface area contributed by atoms with Crippen molar-refractivity contribution in [3.8, 4) is 11.5 Å². The number of hydrogen-bond acceptors (Lipinski definition) is 3. The van der Waals surface area contributed by atoms with Crippen LogP contribution in [0.25, 0.3) is 0 Å². The van der Waals surface area contributed by atoms with Gasteiger partial charge in [0, 0.05) is 0 Å². The molecular formula is C15H20O4. The summed E-state index contributed by atoms with van der Waals surface area (Å²) in [7, 11) is 0. The molecule has 0 heterocycles. The van der Waals surface area contributed by atoms with Crippen LogP contribution in [-0.2, 0) is 0 Å². The van der Waals surface area contributed by atoms with E-state index < -0.39 is 5.97 Å². The van der Waals surface area contributed by atoms with E-state index in [1.165, 1.54) is 12.1 Å². The van der Waals surface area contributed by atoms with E-state index in [0.29, 0.717) is 5.75 Å². The Labute approximate surface area is 113 Å². The lowest BCUT2D eigenvalue weighted by Crippen LogP contribution is -1.95. The van der Waals surface area contributed by atoms with Crippen molar-refractivity contribution in [1.82, 2.24) is 0 Å². The van der Waals surface area contributed by atoms with Gasteiger partial charge in [-0.2, -0.15) is 0 Å². The topological polar surface area (TPSA) is 77.8 Å². The zero-order valence-corrected chi connectivity index (χ0v) is 8.95. The molecule has 0 spiro atoms. The maximum absolute atomic E-state index is 10.3. The Balaban J connectivity index is 0. The SMILES string of the molecule is C.C.O=C(O)c1ccccc1O.Oc1ccccc1. The Morgan fingerprint density at radius 2 is 1.26 bits per heavy atom. The molecule has 0 amide bonds. The number of aromatic carboxylic acids is 1. The molecule has 2 rings (SSSR count). The predicted octanol–water partition coefficient (Wildman–Crippen LogP) is 3.75. The van der Waals surface area contributed by atoms with E-state index in [1.807, 2.05) is 6.07 Å². The van der Waals surface area contributed by atoms with Gasteiger partial charge in [-0.1, -0.05) is 45.2 Å². The van der Waals surface area contributed by atoms with E-state index >= 15 is 0 Å². The van der Waals surface area contributed by atoms with Gasteiger partial charge < -0.3 is 15.3 Å². The molecule has 0 radical (unpaired) electrons. The molecule has 0 aliphatic heterocycles. The lowest BCUT2D eigenvalue weighted by molar-refractivity contribution is 0.0693. The van der Waals surface area contributed by atoms with Crippen LogP contribution in [0.15, 0.2) is 54.6 Å². The molecule has 0 saturated carbocycles. The van der Waals surface area contributed by atoms with Gasteiger partial charge in [0.2, 0.25) is 0 Å². The largest absolute Gasteiger partial charge is 0.508 e. The Bertz CT molecular complexity index is 481. The molecule has 4 heteroatoms. The summed E-state index contributed by atoms with van der Waals surface area (Å²) in [5.41, 5.74) is -0.0671. The number of carboxylic acid groups (broad SMARTS) is 1. The first-order valence-electron chi connectivity index (χ1n) is 4.86. The number of benzene rings is 2. The van der Waals surface area contributed by atoms with Crippen molar-refractivity contribution in [3.05, 3.63) is 60.2 Å². The first-order valence-corrected chi connectivity index (χ1v) is 4.86. The Hall–Kier alpha value is -2.49. The summed E-state index contributed by atoms with van der Waals surface area (Å²) in [5.74, 6) is -0.990. The first-order chi connectivity index (χ1) is 8.11. The van der Waals surface area contributed by atoms with Crippen molar-refractivity contribution < 1.29 is 20.1 Å². The zero-order chi connectivity index (χ0) is 12.7. The highest BCUT2D eigenvalue weighted by atomic mass is 16.4. The quantitative estimate of drug-likeness (QED) is 0.733. The zero-order valence-electron chi connectivity index (χ0n) is 8.95. The van der Waals surface area contributed by atoms with Gasteiger partial charge in [0.15, 0.2) is 0 Å². The van der Waals surface area contributed by atoms with Crippen molar-refractivity contribution in [3.63, 3.8) is 0 Å². The molecule has 0 unspecified atom stereocenters. The van der Waals surface area contributed by atoms with E-state index in [2.05, 4.69) is 0 Å². The summed E-state index contributed by atoms with van der Waals surface area (Å²) in [6, 6.07) is 14.5. The van der Waals surface area contributed by atoms with Crippen LogP contribution in [0.5, 0.6) is 11.5 Å². The fraction of sp³-hybridized carbons (Fsp3) is 0.133. The van der Waals surface area contributed by atoms with Crippen LogP contribution >= 0.6 is 0 Å². The molecule has 0 atom stereocenters. The second-order valence-electron chi connectivity index (χ2n) is 3.16. The Morgan fingerprint density at radius 1 is 0.789 bits per heavy atom. The summed E-state index contributed by atoms with van der Waals surface area (Å²) >= 11 is 0. The second kappa shape index (κ2) is 9.53. The summed E-state index contributed by atoms with van der Waals surface area (Å²) in [4.78, 5) is 10.3. The first kappa shape index (κ1) is 18.9. The molecule has 0 aliphatic rings. The van der Waals surface area contributed by atoms with Gasteiger partial charge in [-0.05, 0) is 24.3 Å². The molecule has 0 fully saturated rings. The number of rotatable bonds is 1. The van der Waals surface area contributed by atoms with Crippen molar-refractivity contribution in [2.75, 3.05) is 0 Å². The molecular weight excluding hydrogens is 244 g/mol. The molecule has 4 nitrogen and oxygen atoms in total. The molecule has 3 N–H and O–H groups in total. The minimum Gasteiger partial charge on any atom is -0.508 e. The average Bonchev–Trinajstić information content (AvgIpc) is 2.31. The molecule has 0 aromatic heterocycles. The van der Waals surface area contributed by atoms with Crippen molar-refractivity contribution in [2.45, 2.75) is 14.9 Å². The minimum absolute atomic E-state index is 0. The maximum atomic E-state index is 10.3. The van der Waals surface area contributed by atoms with Gasteiger partial charge in [-0.25, -0.2) is 4.79 Å². The van der Waals surface area contributed by atoms with Gasteiger partial charge in [-0.15, -0.1) is 0 Å². The fourth-order valence-electron chi connectivity index (χ4n) is 1.08. The monoisotopic (exact) mass is 264 g/mol. The number of carbonyl (C=O) groups is 1. The van der Waals surface area contributed by atoms with Crippen molar-refractivity contribution in [2.24, 2.45) is 0 Å². The lowest BCUT2D eigenvalue weighted by Gasteiger charge is -1.95. The van der Waals surface area contributed by atoms with Crippen LogP contribution in [0.3, 0.4) is 0 Å². The van der Waals surface area contributed by atoms with E-state index in [0.717, 1.165) is 0 Å². The number of hydrogen-bond donors (Lipinski definition) is 3. The smallest absolute Gasteiger partial charge is 0.339 e. The van der Waals surface area contributed by atoms with Crippen LogP contribution in [-0.4, -0.2) is 21.3 Å². The fourth-order valence-corrected chi connectivity index (χ4v) is 1.08. The van der Waals surface area contributed by atoms with Crippen LogP contribution in [0.1, 0.15) is 25.2 Å². The third kappa shape index (κ3) is 6.73. The highest BCUT2D eigenvalue weighted by Gasteiger charge is 2.05. The van der Waals surface area contributed by atoms with Gasteiger partial charge in [0.1, 0.15) is 17.1 Å². The number of phenols is 2. The summed E-state index contributed by atoms with van der Waals surface area (Å²) < 4.78 is 0. The normalized spacial score (nSPS) is 8.00. The molecule has 104 valence electrons. The predicted molar refractivity (Wildman–Crippen MR) is 76.6 cm³/mol. The molecule has 2 aromatic rings. The van der Waals surface area contributed by atoms with Gasteiger partial charge in [0.25, 0.3) is 0 Å². The lowest BCUT2D eigenvalue weighted by atomic mass is 10.2. The summed E-state index contributed by atoms with van der Waals surface area (Å²) in [6.45, 7) is 0. The number of aromatic hydroxyl groups is 2. The highest BCUT2D eigenvalue weighted by Crippen LogP contribution is 2.14. The van der Waals surface area contributed by atoms with Gasteiger partial charge in [-0.3, -0.25) is 0 Å². The maximum Gasteiger partial charge on any atom is 0.339 e. The van der Waals surface area contributed by atoms with Crippen molar-refractivity contribution in [1.29, 1.82) is 0 Å². The van der Waals surface area contributed by atoms with Crippen LogP contribution in [0, 0.1) is 0 Å². The number of phenolic OH excluding ortho intramolecular Hbond substituents is 1.